The van der Waals surface area contributed by atoms with Crippen molar-refractivity contribution in [1.82, 2.24) is 20.1 Å². The molecule has 2 heterocycles. The molecule has 0 unspecified atom stereocenters. The maximum Gasteiger partial charge on any atom is 0.417 e. The second-order valence-corrected chi connectivity index (χ2v) is 5.46. The van der Waals surface area contributed by atoms with Crippen LogP contribution in [-0.2, 0) is 6.18 Å². The van der Waals surface area contributed by atoms with Crippen LogP contribution in [0.2, 0.25) is 0 Å². The summed E-state index contributed by atoms with van der Waals surface area (Å²) in [7, 11) is 0. The highest BCUT2D eigenvalue weighted by Gasteiger charge is 2.31. The molecule has 0 radical (unpaired) electrons. The Kier molecular flexibility index (Phi) is 6.95. The zero-order valence-electron chi connectivity index (χ0n) is 13.7. The summed E-state index contributed by atoms with van der Waals surface area (Å²) in [4.78, 5) is 16.0. The summed E-state index contributed by atoms with van der Waals surface area (Å²) < 4.78 is 39.3. The average molecular weight is 378 g/mol. The quantitative estimate of drug-likeness (QED) is 0.838. The molecule has 10 heteroatoms. The fourth-order valence-corrected chi connectivity index (χ4v) is 2.23. The van der Waals surface area contributed by atoms with Gasteiger partial charge in [-0.1, -0.05) is 13.8 Å². The molecule has 2 aromatic rings. The van der Waals surface area contributed by atoms with Crippen molar-refractivity contribution in [1.29, 1.82) is 0 Å². The lowest BCUT2D eigenvalue weighted by molar-refractivity contribution is -0.137. The maximum absolute atomic E-state index is 12.6. The van der Waals surface area contributed by atoms with Gasteiger partial charge in [-0.15, -0.1) is 12.4 Å². The Morgan fingerprint density at radius 2 is 2.00 bits per heavy atom. The van der Waals surface area contributed by atoms with Gasteiger partial charge in [0.1, 0.15) is 0 Å². The highest BCUT2D eigenvalue weighted by molar-refractivity contribution is 5.95. The van der Waals surface area contributed by atoms with E-state index in [2.05, 4.69) is 15.4 Å². The van der Waals surface area contributed by atoms with E-state index in [0.29, 0.717) is 24.3 Å². The third kappa shape index (κ3) is 4.70. The number of nitrogens with zero attached hydrogens (tertiary/aromatic N) is 3. The Morgan fingerprint density at radius 3 is 2.48 bits per heavy atom. The number of hydrogen-bond acceptors (Lipinski definition) is 4. The summed E-state index contributed by atoms with van der Waals surface area (Å²) in [6.45, 7) is 4.34. The molecular formula is C15H19ClF3N5O. The van der Waals surface area contributed by atoms with Crippen LogP contribution in [-0.4, -0.2) is 33.8 Å². The van der Waals surface area contributed by atoms with Gasteiger partial charge in [-0.25, -0.2) is 9.67 Å². The van der Waals surface area contributed by atoms with Crippen LogP contribution in [0.15, 0.2) is 24.5 Å². The van der Waals surface area contributed by atoms with Crippen LogP contribution in [0.5, 0.6) is 0 Å². The van der Waals surface area contributed by atoms with Crippen molar-refractivity contribution >= 4 is 18.3 Å². The van der Waals surface area contributed by atoms with Crippen molar-refractivity contribution in [2.75, 3.05) is 13.1 Å². The van der Waals surface area contributed by atoms with E-state index in [4.69, 9.17) is 5.73 Å². The molecule has 3 N–H and O–H groups in total. The Bertz CT molecular complexity index is 713. The Hall–Kier alpha value is -2.13. The lowest BCUT2D eigenvalue weighted by atomic mass is 10.1. The summed E-state index contributed by atoms with van der Waals surface area (Å²) in [6, 6.07) is 2.16. The van der Waals surface area contributed by atoms with Crippen LogP contribution < -0.4 is 11.1 Å². The summed E-state index contributed by atoms with van der Waals surface area (Å²) in [5.41, 5.74) is 5.43. The van der Waals surface area contributed by atoms with E-state index in [1.807, 2.05) is 13.8 Å². The monoisotopic (exact) mass is 377 g/mol. The van der Waals surface area contributed by atoms with Crippen LogP contribution in [0.25, 0.3) is 5.82 Å². The van der Waals surface area contributed by atoms with E-state index in [0.717, 1.165) is 12.3 Å². The van der Waals surface area contributed by atoms with Gasteiger partial charge in [0.05, 0.1) is 23.0 Å². The highest BCUT2D eigenvalue weighted by Crippen LogP contribution is 2.29. The normalized spacial score (nSPS) is 11.3. The van der Waals surface area contributed by atoms with Crippen molar-refractivity contribution in [2.24, 2.45) is 5.73 Å². The van der Waals surface area contributed by atoms with E-state index < -0.39 is 11.7 Å². The van der Waals surface area contributed by atoms with Gasteiger partial charge in [0.25, 0.3) is 5.91 Å². The molecule has 0 bridgehead atoms. The van der Waals surface area contributed by atoms with Crippen LogP contribution in [0.4, 0.5) is 13.2 Å². The topological polar surface area (TPSA) is 85.8 Å². The van der Waals surface area contributed by atoms with Gasteiger partial charge in [-0.05, 0) is 18.1 Å². The van der Waals surface area contributed by atoms with Crippen LogP contribution >= 0.6 is 12.4 Å². The fourth-order valence-electron chi connectivity index (χ4n) is 2.23. The summed E-state index contributed by atoms with van der Waals surface area (Å²) in [6.07, 6.45) is -2.33. The van der Waals surface area contributed by atoms with Crippen molar-refractivity contribution in [3.8, 4) is 5.82 Å². The zero-order chi connectivity index (χ0) is 17.9. The molecule has 0 aliphatic carbocycles. The van der Waals surface area contributed by atoms with Gasteiger partial charge in [0.15, 0.2) is 5.82 Å². The smallest absolute Gasteiger partial charge is 0.351 e. The second kappa shape index (κ2) is 8.30. The SMILES string of the molecule is CC(C)c1c(C(=O)NCCN)cnn1-c1ccc(C(F)(F)F)cn1.Cl. The molecule has 0 aliphatic heterocycles. The number of alkyl halides is 3. The maximum atomic E-state index is 12.6. The molecule has 2 rings (SSSR count). The molecule has 1 amide bonds. The van der Waals surface area contributed by atoms with Gasteiger partial charge < -0.3 is 11.1 Å². The standard InChI is InChI=1S/C15H18F3N5O.ClH/c1-9(2)13-11(14(24)20-6-5-19)8-22-23(13)12-4-3-10(7-21-12)15(16,17)18;/h3-4,7-9H,5-6,19H2,1-2H3,(H,20,24);1H. The third-order valence-electron chi connectivity index (χ3n) is 3.32. The molecule has 0 atom stereocenters. The van der Waals surface area contributed by atoms with E-state index in [9.17, 15) is 18.0 Å². The van der Waals surface area contributed by atoms with Crippen LogP contribution in [0.3, 0.4) is 0 Å². The third-order valence-corrected chi connectivity index (χ3v) is 3.32. The number of carbonyl (C=O) groups excluding carboxylic acids is 1. The lowest BCUT2D eigenvalue weighted by Crippen LogP contribution is -2.29. The van der Waals surface area contributed by atoms with Crippen LogP contribution in [0, 0.1) is 0 Å². The number of amides is 1. The van der Waals surface area contributed by atoms with E-state index in [-0.39, 0.29) is 30.0 Å². The van der Waals surface area contributed by atoms with E-state index in [1.165, 1.54) is 16.9 Å². The summed E-state index contributed by atoms with van der Waals surface area (Å²) in [5, 5.41) is 6.76. The summed E-state index contributed by atoms with van der Waals surface area (Å²) >= 11 is 0. The predicted molar refractivity (Wildman–Crippen MR) is 89.1 cm³/mol. The van der Waals surface area contributed by atoms with Crippen molar-refractivity contribution in [2.45, 2.75) is 25.9 Å². The van der Waals surface area contributed by atoms with Gasteiger partial charge >= 0.3 is 6.18 Å². The Balaban J connectivity index is 0.00000312. The average Bonchev–Trinajstić information content (AvgIpc) is 2.97. The largest absolute Gasteiger partial charge is 0.417 e. The number of nitrogens with two attached hydrogens (primary N) is 1. The fraction of sp³-hybridized carbons (Fsp3) is 0.400. The molecule has 0 aliphatic rings. The second-order valence-electron chi connectivity index (χ2n) is 5.46. The van der Waals surface area contributed by atoms with Crippen molar-refractivity contribution in [3.63, 3.8) is 0 Å². The first-order valence-electron chi connectivity index (χ1n) is 7.35. The number of halogens is 4. The molecule has 0 saturated carbocycles. The minimum Gasteiger partial charge on any atom is -0.351 e. The molecule has 138 valence electrons. The number of nitrogens with one attached hydrogen (secondary N) is 1. The van der Waals surface area contributed by atoms with Crippen LogP contribution in [0.1, 0.15) is 41.4 Å². The number of aromatic nitrogens is 3. The first kappa shape index (κ1) is 20.9. The number of rotatable bonds is 5. The van der Waals surface area contributed by atoms with Gasteiger partial charge in [0, 0.05) is 19.3 Å². The van der Waals surface area contributed by atoms with Gasteiger partial charge in [0.2, 0.25) is 0 Å². The molecule has 6 nitrogen and oxygen atoms in total. The number of pyridine rings is 1. The lowest BCUT2D eigenvalue weighted by Gasteiger charge is -2.13. The Labute approximate surface area is 149 Å². The van der Waals surface area contributed by atoms with Gasteiger partial charge in [-0.2, -0.15) is 18.3 Å². The highest BCUT2D eigenvalue weighted by atomic mass is 35.5. The molecular weight excluding hydrogens is 359 g/mol. The Morgan fingerprint density at radius 1 is 1.32 bits per heavy atom. The van der Waals surface area contributed by atoms with Crippen molar-refractivity contribution < 1.29 is 18.0 Å². The minimum atomic E-state index is -4.45. The summed E-state index contributed by atoms with van der Waals surface area (Å²) in [5.74, 6) is -0.206. The van der Waals surface area contributed by atoms with E-state index in [1.54, 1.807) is 0 Å². The number of hydrogen-bond donors (Lipinski definition) is 2. The number of carbonyl (C=O) groups is 1. The predicted octanol–water partition coefficient (Wildman–Crippen LogP) is 2.52. The molecule has 0 fully saturated rings. The zero-order valence-corrected chi connectivity index (χ0v) is 14.5. The molecule has 0 saturated heterocycles. The van der Waals surface area contributed by atoms with E-state index >= 15 is 0 Å². The van der Waals surface area contributed by atoms with Crippen molar-refractivity contribution in [3.05, 3.63) is 41.3 Å². The minimum absolute atomic E-state index is 0. The molecule has 2 aromatic heterocycles. The van der Waals surface area contributed by atoms with Gasteiger partial charge in [-0.3, -0.25) is 4.79 Å². The molecule has 0 spiro atoms. The molecule has 0 aromatic carbocycles. The first-order chi connectivity index (χ1) is 11.3. The molecule has 25 heavy (non-hydrogen) atoms. The first-order valence-corrected chi connectivity index (χ1v) is 7.35.